The lowest BCUT2D eigenvalue weighted by Crippen LogP contribution is -2.31. The fraction of sp³-hybridized carbons (Fsp3) is 0.222. The quantitative estimate of drug-likeness (QED) is 0.338. The topological polar surface area (TPSA) is 96.5 Å². The second-order valence-electron chi connectivity index (χ2n) is 8.37. The average molecular weight is 494 g/mol. The first kappa shape index (κ1) is 25.8. The largest absolute Gasteiger partial charge is 0.449 e. The Morgan fingerprint density at radius 3 is 2.20 bits per heavy atom. The van der Waals surface area contributed by atoms with Gasteiger partial charge in [-0.2, -0.15) is 0 Å². The predicted molar refractivity (Wildman–Crippen MR) is 138 cm³/mol. The summed E-state index contributed by atoms with van der Waals surface area (Å²) < 4.78 is 5.12. The van der Waals surface area contributed by atoms with Crippen LogP contribution in [-0.4, -0.2) is 24.5 Å². The average Bonchev–Trinajstić information content (AvgIpc) is 2.83. The molecule has 1 unspecified atom stereocenters. The van der Waals surface area contributed by atoms with Crippen molar-refractivity contribution in [2.45, 2.75) is 26.3 Å². The zero-order chi connectivity index (χ0) is 25.2. The van der Waals surface area contributed by atoms with E-state index in [0.717, 1.165) is 5.56 Å². The molecule has 0 radical (unpaired) electrons. The number of hydrogen-bond acceptors (Lipinski definition) is 4. The molecule has 0 aliphatic heterocycles. The zero-order valence-electron chi connectivity index (χ0n) is 19.6. The number of anilines is 2. The van der Waals surface area contributed by atoms with Crippen molar-refractivity contribution >= 4 is 40.9 Å². The second-order valence-corrected chi connectivity index (χ2v) is 8.77. The summed E-state index contributed by atoms with van der Waals surface area (Å²) in [6, 6.07) is 22.2. The smallest absolute Gasteiger partial charge is 0.411 e. The van der Waals surface area contributed by atoms with E-state index >= 15 is 0 Å². The number of ether oxygens (including phenoxy) is 1. The molecule has 0 fully saturated rings. The van der Waals surface area contributed by atoms with E-state index in [1.807, 2.05) is 44.2 Å². The van der Waals surface area contributed by atoms with Crippen LogP contribution >= 0.6 is 11.6 Å². The number of hydrogen-bond donors (Lipinski definition) is 3. The van der Waals surface area contributed by atoms with Crippen molar-refractivity contribution in [1.82, 2.24) is 5.32 Å². The summed E-state index contributed by atoms with van der Waals surface area (Å²) in [7, 11) is 0. The van der Waals surface area contributed by atoms with Crippen LogP contribution < -0.4 is 16.0 Å². The molecular formula is C27H28ClN3O4. The first-order valence-electron chi connectivity index (χ1n) is 11.3. The summed E-state index contributed by atoms with van der Waals surface area (Å²) in [5.41, 5.74) is 2.11. The van der Waals surface area contributed by atoms with Crippen LogP contribution in [0.3, 0.4) is 0 Å². The van der Waals surface area contributed by atoms with Crippen molar-refractivity contribution in [1.29, 1.82) is 0 Å². The number of nitrogens with one attached hydrogen (secondary N) is 3. The molecule has 7 nitrogen and oxygen atoms in total. The molecule has 0 saturated heterocycles. The summed E-state index contributed by atoms with van der Waals surface area (Å²) in [6.45, 7) is 4.20. The maximum absolute atomic E-state index is 12.9. The number of benzene rings is 3. The van der Waals surface area contributed by atoms with Crippen molar-refractivity contribution in [3.63, 3.8) is 0 Å². The van der Waals surface area contributed by atoms with Crippen LogP contribution in [-0.2, 0) is 9.53 Å². The summed E-state index contributed by atoms with van der Waals surface area (Å²) >= 11 is 6.17. The minimum Gasteiger partial charge on any atom is -0.449 e. The molecule has 35 heavy (non-hydrogen) atoms. The Balaban J connectivity index is 1.67. The van der Waals surface area contributed by atoms with Gasteiger partial charge >= 0.3 is 6.09 Å². The van der Waals surface area contributed by atoms with Gasteiger partial charge in [0.2, 0.25) is 5.91 Å². The number of carbonyl (C=O) groups excluding carboxylic acids is 3. The first-order chi connectivity index (χ1) is 16.8. The third kappa shape index (κ3) is 8.15. The van der Waals surface area contributed by atoms with Crippen molar-refractivity contribution < 1.29 is 19.1 Å². The van der Waals surface area contributed by atoms with Gasteiger partial charge < -0.3 is 15.4 Å². The van der Waals surface area contributed by atoms with Crippen LogP contribution in [0.5, 0.6) is 0 Å². The molecule has 3 aromatic carbocycles. The first-order valence-corrected chi connectivity index (χ1v) is 11.6. The van der Waals surface area contributed by atoms with Gasteiger partial charge in [-0.3, -0.25) is 14.9 Å². The molecule has 0 spiro atoms. The molecule has 182 valence electrons. The maximum Gasteiger partial charge on any atom is 0.411 e. The Labute approximate surface area is 209 Å². The van der Waals surface area contributed by atoms with Crippen LogP contribution in [0.25, 0.3) is 0 Å². The minimum atomic E-state index is -0.577. The molecule has 3 amide bonds. The summed E-state index contributed by atoms with van der Waals surface area (Å²) in [6.07, 6.45) is -0.567. The Hall–Kier alpha value is -3.84. The molecule has 1 atom stereocenters. The molecule has 0 aromatic heterocycles. The van der Waals surface area contributed by atoms with E-state index < -0.39 is 12.1 Å². The van der Waals surface area contributed by atoms with Gasteiger partial charge in [-0.15, -0.1) is 0 Å². The fourth-order valence-electron chi connectivity index (χ4n) is 3.29. The molecule has 0 saturated carbocycles. The van der Waals surface area contributed by atoms with Gasteiger partial charge in [-0.1, -0.05) is 74.0 Å². The third-order valence-corrected chi connectivity index (χ3v) is 5.29. The van der Waals surface area contributed by atoms with Crippen molar-refractivity contribution in [3.8, 4) is 0 Å². The van der Waals surface area contributed by atoms with E-state index in [1.54, 1.807) is 48.5 Å². The summed E-state index contributed by atoms with van der Waals surface area (Å²) in [4.78, 5) is 37.7. The van der Waals surface area contributed by atoms with E-state index in [4.69, 9.17) is 16.3 Å². The summed E-state index contributed by atoms with van der Waals surface area (Å²) in [5, 5.41) is 8.71. The van der Waals surface area contributed by atoms with E-state index in [9.17, 15) is 14.4 Å². The molecule has 0 heterocycles. The molecule has 3 N–H and O–H groups in total. The van der Waals surface area contributed by atoms with E-state index in [2.05, 4.69) is 16.0 Å². The highest BCUT2D eigenvalue weighted by atomic mass is 35.5. The Kier molecular flexibility index (Phi) is 9.26. The zero-order valence-corrected chi connectivity index (χ0v) is 20.3. The molecule has 8 heteroatoms. The van der Waals surface area contributed by atoms with Crippen molar-refractivity contribution in [3.05, 3.63) is 95.0 Å². The Bertz CT molecular complexity index is 1170. The van der Waals surface area contributed by atoms with Gasteiger partial charge in [-0.05, 0) is 41.8 Å². The van der Waals surface area contributed by atoms with E-state index in [0.29, 0.717) is 28.6 Å². The summed E-state index contributed by atoms with van der Waals surface area (Å²) in [5.74, 6) is -0.455. The van der Waals surface area contributed by atoms with Gasteiger partial charge in [-0.25, -0.2) is 4.79 Å². The van der Waals surface area contributed by atoms with Crippen LogP contribution in [0.1, 0.15) is 42.2 Å². The normalized spacial score (nSPS) is 11.4. The molecule has 3 aromatic rings. The van der Waals surface area contributed by atoms with Gasteiger partial charge in [0.05, 0.1) is 29.7 Å². The minimum absolute atomic E-state index is 0.00566. The van der Waals surface area contributed by atoms with E-state index in [1.165, 1.54) is 0 Å². The highest BCUT2D eigenvalue weighted by Crippen LogP contribution is 2.22. The highest BCUT2D eigenvalue weighted by molar-refractivity contribution is 6.33. The highest BCUT2D eigenvalue weighted by Gasteiger charge is 2.20. The maximum atomic E-state index is 12.9. The number of halogens is 1. The predicted octanol–water partition coefficient (Wildman–Crippen LogP) is 6.04. The van der Waals surface area contributed by atoms with Crippen LogP contribution in [0.4, 0.5) is 16.2 Å². The molecule has 3 rings (SSSR count). The second kappa shape index (κ2) is 12.6. The standard InChI is InChI=1S/C27H28ClN3O4/c1-18(2)17-35-27(34)30-21-12-8-11-20(15-21)29-25(32)16-24(19-9-4-3-5-10-19)31-26(33)22-13-6-7-14-23(22)28/h3-15,18,24H,16-17H2,1-2H3,(H,29,32)(H,30,34)(H,31,33). The van der Waals surface area contributed by atoms with E-state index in [-0.39, 0.29) is 24.2 Å². The lowest BCUT2D eigenvalue weighted by atomic mass is 10.0. The van der Waals surface area contributed by atoms with Crippen LogP contribution in [0, 0.1) is 5.92 Å². The fourth-order valence-corrected chi connectivity index (χ4v) is 3.51. The number of amides is 3. The Morgan fingerprint density at radius 2 is 1.51 bits per heavy atom. The van der Waals surface area contributed by atoms with Crippen LogP contribution in [0.2, 0.25) is 5.02 Å². The third-order valence-electron chi connectivity index (χ3n) is 4.96. The van der Waals surface area contributed by atoms with Crippen LogP contribution in [0.15, 0.2) is 78.9 Å². The monoisotopic (exact) mass is 493 g/mol. The molecule has 0 bridgehead atoms. The molecule has 0 aliphatic rings. The number of rotatable bonds is 9. The number of carbonyl (C=O) groups is 3. The van der Waals surface area contributed by atoms with Crippen molar-refractivity contribution in [2.75, 3.05) is 17.2 Å². The van der Waals surface area contributed by atoms with Crippen molar-refractivity contribution in [2.24, 2.45) is 5.92 Å². The lowest BCUT2D eigenvalue weighted by molar-refractivity contribution is -0.116. The Morgan fingerprint density at radius 1 is 0.857 bits per heavy atom. The van der Waals surface area contributed by atoms with Gasteiger partial charge in [0.1, 0.15) is 0 Å². The molecular weight excluding hydrogens is 466 g/mol. The SMILES string of the molecule is CC(C)COC(=O)Nc1cccc(NC(=O)CC(NC(=O)c2ccccc2Cl)c2ccccc2)c1. The molecule has 0 aliphatic carbocycles. The van der Waals surface area contributed by atoms with Gasteiger partial charge in [0.25, 0.3) is 5.91 Å². The lowest BCUT2D eigenvalue weighted by Gasteiger charge is -2.19. The van der Waals surface area contributed by atoms with Gasteiger partial charge in [0, 0.05) is 11.4 Å². The van der Waals surface area contributed by atoms with Gasteiger partial charge in [0.15, 0.2) is 0 Å².